The van der Waals surface area contributed by atoms with Crippen molar-refractivity contribution in [3.63, 3.8) is 0 Å². The van der Waals surface area contributed by atoms with Gasteiger partial charge in [0.15, 0.2) is 0 Å². The molecule has 3 N–H and O–H groups in total. The number of hydrogen-bond acceptors (Lipinski definition) is 2. The highest BCUT2D eigenvalue weighted by Gasteiger charge is 2.15. The maximum atomic E-state index is 6.10. The lowest BCUT2D eigenvalue weighted by atomic mass is 9.89. The van der Waals surface area contributed by atoms with Crippen LogP contribution in [0, 0.1) is 0 Å². The first-order valence-electron chi connectivity index (χ1n) is 26.7. The zero-order valence-electron chi connectivity index (χ0n) is 43.5. The molecule has 14 aromatic rings. The van der Waals surface area contributed by atoms with E-state index in [1.807, 2.05) is 54.6 Å². The van der Waals surface area contributed by atoms with Gasteiger partial charge < -0.3 is 11.1 Å². The van der Waals surface area contributed by atoms with Crippen molar-refractivity contribution in [1.82, 2.24) is 0 Å². The van der Waals surface area contributed by atoms with E-state index in [9.17, 15) is 0 Å². The molecule has 0 saturated carbocycles. The summed E-state index contributed by atoms with van der Waals surface area (Å²) < 4.78 is 0. The highest BCUT2D eigenvalue weighted by atomic mass is 35.5. The van der Waals surface area contributed by atoms with Gasteiger partial charge in [0.1, 0.15) is 0 Å². The molecule has 0 atom stereocenters. The van der Waals surface area contributed by atoms with Crippen molar-refractivity contribution in [2.24, 2.45) is 0 Å². The lowest BCUT2D eigenvalue weighted by Crippen LogP contribution is -1.92. The molecule has 14 aromatic carbocycles. The Bertz CT molecular complexity index is 4400. The van der Waals surface area contributed by atoms with Crippen molar-refractivity contribution in [3.8, 4) is 66.8 Å². The van der Waals surface area contributed by atoms with Gasteiger partial charge in [-0.15, -0.1) is 0 Å². The van der Waals surface area contributed by atoms with Crippen LogP contribution in [0.5, 0.6) is 0 Å². The van der Waals surface area contributed by atoms with Crippen molar-refractivity contribution >= 4 is 71.8 Å². The number of hydrogen-bond donors (Lipinski definition) is 2. The largest absolute Gasteiger partial charge is 0.399 e. The second kappa shape index (κ2) is 23.1. The number of nitrogens with two attached hydrogens (primary N) is 1. The van der Waals surface area contributed by atoms with Crippen LogP contribution in [0.1, 0.15) is 0 Å². The maximum absolute atomic E-state index is 6.10. The Labute approximate surface area is 467 Å². The van der Waals surface area contributed by atoms with Crippen LogP contribution in [0.4, 0.5) is 17.1 Å². The first-order valence-corrected chi connectivity index (χ1v) is 27.1. The molecule has 0 aliphatic rings. The normalized spacial score (nSPS) is 10.9. The first-order chi connectivity index (χ1) is 39.0. The highest BCUT2D eigenvalue weighted by molar-refractivity contribution is 6.30. The maximum Gasteiger partial charge on any atom is 0.0406 e. The Balaban J connectivity index is 0.000000134. The lowest BCUT2D eigenvalue weighted by molar-refractivity contribution is 1.53. The molecule has 3 heteroatoms. The fourth-order valence-corrected chi connectivity index (χ4v) is 10.9. The number of fused-ring (bicyclic) bond motifs is 6. The molecule has 0 unspecified atom stereocenters. The summed E-state index contributed by atoms with van der Waals surface area (Å²) >= 11 is 6.10. The van der Waals surface area contributed by atoms with Gasteiger partial charge in [-0.3, -0.25) is 0 Å². The summed E-state index contributed by atoms with van der Waals surface area (Å²) in [6, 6.07) is 111. The van der Waals surface area contributed by atoms with Crippen LogP contribution < -0.4 is 11.1 Å². The number of nitrogens with one attached hydrogen (secondary N) is 1. The molecular weight excluding hydrogens is 976 g/mol. The van der Waals surface area contributed by atoms with E-state index in [4.69, 9.17) is 17.3 Å². The van der Waals surface area contributed by atoms with Crippen LogP contribution in [0.15, 0.2) is 315 Å². The van der Waals surface area contributed by atoms with E-state index in [1.54, 1.807) is 0 Å². The van der Waals surface area contributed by atoms with E-state index in [1.165, 1.54) is 110 Å². The van der Waals surface area contributed by atoms with Crippen molar-refractivity contribution in [1.29, 1.82) is 0 Å². The van der Waals surface area contributed by atoms with Gasteiger partial charge in [-0.1, -0.05) is 266 Å². The Morgan fingerprint density at radius 3 is 1.10 bits per heavy atom. The van der Waals surface area contributed by atoms with E-state index in [0.29, 0.717) is 0 Å². The summed E-state index contributed by atoms with van der Waals surface area (Å²) in [7, 11) is 0. The molecule has 0 saturated heterocycles. The molecule has 0 aromatic heterocycles. The molecule has 0 spiro atoms. The zero-order valence-corrected chi connectivity index (χ0v) is 44.2. The van der Waals surface area contributed by atoms with Gasteiger partial charge in [0.2, 0.25) is 0 Å². The van der Waals surface area contributed by atoms with Gasteiger partial charge >= 0.3 is 0 Å². The highest BCUT2D eigenvalue weighted by Crippen LogP contribution is 2.42. The number of rotatable bonds is 8. The summed E-state index contributed by atoms with van der Waals surface area (Å²) in [4.78, 5) is 0. The molecule has 0 bridgehead atoms. The Morgan fingerprint density at radius 2 is 0.608 bits per heavy atom. The summed E-state index contributed by atoms with van der Waals surface area (Å²) in [5, 5.41) is 14.6. The van der Waals surface area contributed by atoms with Crippen LogP contribution >= 0.6 is 11.6 Å². The minimum atomic E-state index is 0.757. The molecule has 0 fully saturated rings. The molecule has 0 aliphatic heterocycles. The summed E-state index contributed by atoms with van der Waals surface area (Å²) in [6.07, 6.45) is 0. The predicted molar refractivity (Wildman–Crippen MR) is 341 cm³/mol. The molecule has 0 radical (unpaired) electrons. The fourth-order valence-electron chi connectivity index (χ4n) is 10.8. The Morgan fingerprint density at radius 1 is 0.228 bits per heavy atom. The van der Waals surface area contributed by atoms with E-state index in [-0.39, 0.29) is 0 Å². The third kappa shape index (κ3) is 11.0. The molecule has 0 amide bonds. The second-order valence-electron chi connectivity index (χ2n) is 19.6. The number of halogens is 1. The van der Waals surface area contributed by atoms with Gasteiger partial charge in [0.25, 0.3) is 0 Å². The average molecular weight is 1030 g/mol. The molecule has 2 nitrogen and oxygen atoms in total. The van der Waals surface area contributed by atoms with Crippen LogP contribution in [0.2, 0.25) is 5.02 Å². The van der Waals surface area contributed by atoms with Crippen molar-refractivity contribution < 1.29 is 0 Å². The first kappa shape index (κ1) is 49.9. The zero-order chi connectivity index (χ0) is 53.3. The van der Waals surface area contributed by atoms with Crippen LogP contribution in [0.3, 0.4) is 0 Å². The number of anilines is 3. The molecule has 376 valence electrons. The minimum absolute atomic E-state index is 0.757. The SMILES string of the molecule is Clc1ccc(-c2ccccc2-c2cc3ccccc3c3ccccc23)cc1.Nc1cccc(-c2ccccc2)c1.c1ccc(-c2cccc(Nc3ccc(-c4ccccc4-c4cc5ccccc5c5ccccc45)cc3)c2)cc1. The predicted octanol–water partition coefficient (Wildman–Crippen LogP) is 21.7. The van der Waals surface area contributed by atoms with Gasteiger partial charge in [0.05, 0.1) is 0 Å². The van der Waals surface area contributed by atoms with E-state index in [0.717, 1.165) is 22.1 Å². The summed E-state index contributed by atoms with van der Waals surface area (Å²) in [5.41, 5.74) is 23.3. The molecule has 79 heavy (non-hydrogen) atoms. The van der Waals surface area contributed by atoms with Crippen molar-refractivity contribution in [3.05, 3.63) is 320 Å². The van der Waals surface area contributed by atoms with Gasteiger partial charge in [-0.05, 0) is 171 Å². The topological polar surface area (TPSA) is 38.0 Å². The second-order valence-corrected chi connectivity index (χ2v) is 20.1. The van der Waals surface area contributed by atoms with E-state index < -0.39 is 0 Å². The molecular formula is C76H55ClN2. The average Bonchev–Trinajstić information content (AvgIpc) is 3.55. The van der Waals surface area contributed by atoms with E-state index in [2.05, 4.69) is 266 Å². The molecule has 14 rings (SSSR count). The lowest BCUT2D eigenvalue weighted by Gasteiger charge is -2.15. The quantitative estimate of drug-likeness (QED) is 0.118. The molecule has 0 aliphatic carbocycles. The van der Waals surface area contributed by atoms with Crippen LogP contribution in [0.25, 0.3) is 110 Å². The summed E-state index contributed by atoms with van der Waals surface area (Å²) in [5.74, 6) is 0. The Hall–Kier alpha value is -9.99. The van der Waals surface area contributed by atoms with Crippen LogP contribution in [-0.4, -0.2) is 0 Å². The minimum Gasteiger partial charge on any atom is -0.399 e. The van der Waals surface area contributed by atoms with Gasteiger partial charge in [-0.25, -0.2) is 0 Å². The smallest absolute Gasteiger partial charge is 0.0406 e. The van der Waals surface area contributed by atoms with Crippen molar-refractivity contribution in [2.75, 3.05) is 11.1 Å². The van der Waals surface area contributed by atoms with Gasteiger partial charge in [-0.2, -0.15) is 0 Å². The Kier molecular flexibility index (Phi) is 14.6. The summed E-state index contributed by atoms with van der Waals surface area (Å²) in [6.45, 7) is 0. The molecule has 0 heterocycles. The fraction of sp³-hybridized carbons (Fsp3) is 0. The van der Waals surface area contributed by atoms with Gasteiger partial charge in [0, 0.05) is 22.1 Å². The third-order valence-corrected chi connectivity index (χ3v) is 14.8. The standard InChI is InChI=1S/C38H27N.C26H17Cl.C12H11N/c1-2-11-27(12-3-1)29-14-10-15-32(25-29)39-31-23-21-28(22-24-31)33-16-6-7-19-36(33)38-26-30-13-4-5-17-34(30)35-18-8-9-20-37(35)38;27-20-15-13-18(14-16-20)21-8-3-4-11-24(21)26-17-19-7-1-2-9-22(19)23-10-5-6-12-25(23)26;13-12-8-4-7-11(9-12)10-5-2-1-3-6-10/h1-26,39H;1-17H;1-9H,13H2. The third-order valence-electron chi connectivity index (χ3n) is 14.6. The number of nitrogen functional groups attached to an aromatic ring is 1. The van der Waals surface area contributed by atoms with E-state index >= 15 is 0 Å². The van der Waals surface area contributed by atoms with Crippen LogP contribution in [-0.2, 0) is 0 Å². The monoisotopic (exact) mass is 1030 g/mol. The van der Waals surface area contributed by atoms with Crippen molar-refractivity contribution in [2.45, 2.75) is 0 Å². The number of benzene rings is 14.